The molecule has 6 nitrogen and oxygen atoms in total. The van der Waals surface area contributed by atoms with Crippen molar-refractivity contribution in [1.29, 1.82) is 0 Å². The van der Waals surface area contributed by atoms with Gasteiger partial charge in [-0.15, -0.1) is 0 Å². The Bertz CT molecular complexity index is 973. The molecule has 0 saturated carbocycles. The summed E-state index contributed by atoms with van der Waals surface area (Å²) in [6, 6.07) is 11.6. The average Bonchev–Trinajstić information content (AvgIpc) is 2.97. The van der Waals surface area contributed by atoms with Gasteiger partial charge in [0, 0.05) is 29.9 Å². The molecule has 0 fully saturated rings. The van der Waals surface area contributed by atoms with E-state index in [0.29, 0.717) is 18.7 Å². The van der Waals surface area contributed by atoms with E-state index in [1.807, 2.05) is 41.5 Å². The summed E-state index contributed by atoms with van der Waals surface area (Å²) < 4.78 is 14.8. The molecule has 0 radical (unpaired) electrons. The third-order valence-corrected chi connectivity index (χ3v) is 5.35. The van der Waals surface area contributed by atoms with Crippen LogP contribution in [0.3, 0.4) is 0 Å². The Labute approximate surface area is 176 Å². The molecule has 0 unspecified atom stereocenters. The fraction of sp³-hybridized carbons (Fsp3) is 0.304. The molecule has 3 rings (SSSR count). The monoisotopic (exact) mass is 410 g/mol. The van der Waals surface area contributed by atoms with Crippen molar-refractivity contribution in [2.75, 3.05) is 18.0 Å². The fourth-order valence-corrected chi connectivity index (χ4v) is 3.55. The predicted octanol–water partition coefficient (Wildman–Crippen LogP) is 3.91. The van der Waals surface area contributed by atoms with Crippen LogP contribution in [0.15, 0.2) is 54.1 Å². The maximum Gasteiger partial charge on any atom is 0.324 e. The summed E-state index contributed by atoms with van der Waals surface area (Å²) >= 11 is 0. The van der Waals surface area contributed by atoms with Gasteiger partial charge in [0.15, 0.2) is 0 Å². The van der Waals surface area contributed by atoms with Crippen molar-refractivity contribution in [3.05, 3.63) is 76.6 Å². The van der Waals surface area contributed by atoms with E-state index in [0.717, 1.165) is 30.2 Å². The third-order valence-electron chi connectivity index (χ3n) is 5.35. The second-order valence-corrected chi connectivity index (χ2v) is 7.51. The van der Waals surface area contributed by atoms with Gasteiger partial charge in [0.1, 0.15) is 5.82 Å². The van der Waals surface area contributed by atoms with Gasteiger partial charge in [-0.25, -0.2) is 15.0 Å². The molecule has 0 aromatic heterocycles. The normalized spacial score (nSPS) is 14.0. The van der Waals surface area contributed by atoms with Gasteiger partial charge in [-0.05, 0) is 50.5 Å². The van der Waals surface area contributed by atoms with Gasteiger partial charge in [-0.3, -0.25) is 15.1 Å². The van der Waals surface area contributed by atoms with Crippen molar-refractivity contribution >= 4 is 17.6 Å². The molecule has 2 aromatic rings. The molecular formula is C23H27FN4O2. The molecule has 0 saturated heterocycles. The summed E-state index contributed by atoms with van der Waals surface area (Å²) in [5.41, 5.74) is 5.37. The first kappa shape index (κ1) is 21.5. The Balaban J connectivity index is 1.92. The second kappa shape index (κ2) is 9.54. The third kappa shape index (κ3) is 4.86. The molecule has 158 valence electrons. The van der Waals surface area contributed by atoms with Crippen LogP contribution in [0.4, 0.5) is 14.9 Å². The van der Waals surface area contributed by atoms with Crippen molar-refractivity contribution in [3.63, 3.8) is 0 Å². The van der Waals surface area contributed by atoms with Crippen LogP contribution >= 0.6 is 0 Å². The SMILES string of the molecule is CC1=CCCN(C(=O)N(Cc2ccc(C(=O)NN)cc2F)c2ccccc2C)CC1. The van der Waals surface area contributed by atoms with Crippen LogP contribution < -0.4 is 16.2 Å². The van der Waals surface area contributed by atoms with Crippen LogP contribution in [0, 0.1) is 12.7 Å². The minimum atomic E-state index is -0.570. The maximum absolute atomic E-state index is 14.8. The standard InChI is InChI=1S/C23H27FN4O2/c1-16-6-5-12-27(13-11-16)23(30)28(21-8-4-3-7-17(21)2)15-19-10-9-18(14-20(19)24)22(29)26-25/h3-4,6-10,14H,5,11-13,15,25H2,1-2H3,(H,26,29). The van der Waals surface area contributed by atoms with Crippen molar-refractivity contribution in [2.24, 2.45) is 5.84 Å². The Kier molecular flexibility index (Phi) is 6.84. The van der Waals surface area contributed by atoms with E-state index >= 15 is 0 Å². The number of benzene rings is 2. The number of urea groups is 1. The Morgan fingerprint density at radius 1 is 1.17 bits per heavy atom. The van der Waals surface area contributed by atoms with E-state index < -0.39 is 11.7 Å². The van der Waals surface area contributed by atoms with E-state index in [9.17, 15) is 14.0 Å². The zero-order chi connectivity index (χ0) is 21.7. The number of halogens is 1. The van der Waals surface area contributed by atoms with Crippen LogP contribution in [0.2, 0.25) is 0 Å². The molecule has 1 aliphatic rings. The summed E-state index contributed by atoms with van der Waals surface area (Å²) in [7, 11) is 0. The fourth-order valence-electron chi connectivity index (χ4n) is 3.55. The molecule has 2 aromatic carbocycles. The highest BCUT2D eigenvalue weighted by atomic mass is 19.1. The number of anilines is 1. The quantitative estimate of drug-likeness (QED) is 0.347. The van der Waals surface area contributed by atoms with Crippen molar-refractivity contribution in [3.8, 4) is 0 Å². The number of amides is 3. The van der Waals surface area contributed by atoms with E-state index in [1.54, 1.807) is 4.90 Å². The van der Waals surface area contributed by atoms with Gasteiger partial charge < -0.3 is 4.90 Å². The zero-order valence-electron chi connectivity index (χ0n) is 17.3. The number of nitrogens with one attached hydrogen (secondary N) is 1. The zero-order valence-corrected chi connectivity index (χ0v) is 17.3. The summed E-state index contributed by atoms with van der Waals surface area (Å²) in [6.45, 7) is 5.30. The van der Waals surface area contributed by atoms with Gasteiger partial charge in [0.05, 0.1) is 6.54 Å². The van der Waals surface area contributed by atoms with Gasteiger partial charge in [0.2, 0.25) is 0 Å². The largest absolute Gasteiger partial charge is 0.324 e. The molecule has 1 aliphatic heterocycles. The lowest BCUT2D eigenvalue weighted by Gasteiger charge is -2.31. The van der Waals surface area contributed by atoms with Crippen molar-refractivity contribution in [2.45, 2.75) is 33.2 Å². The number of nitrogen functional groups attached to an aromatic ring is 1. The number of hydrazine groups is 1. The highest BCUT2D eigenvalue weighted by Crippen LogP contribution is 2.25. The number of rotatable bonds is 4. The molecule has 7 heteroatoms. The first-order valence-corrected chi connectivity index (χ1v) is 9.97. The lowest BCUT2D eigenvalue weighted by atomic mass is 10.1. The summed E-state index contributed by atoms with van der Waals surface area (Å²) in [6.07, 6.45) is 3.79. The number of nitrogens with two attached hydrogens (primary N) is 1. The Hall–Kier alpha value is -3.19. The highest BCUT2D eigenvalue weighted by Gasteiger charge is 2.25. The smallest absolute Gasteiger partial charge is 0.324 e. The number of para-hydroxylation sites is 1. The van der Waals surface area contributed by atoms with E-state index in [2.05, 4.69) is 13.0 Å². The van der Waals surface area contributed by atoms with Crippen LogP contribution in [0.5, 0.6) is 0 Å². The van der Waals surface area contributed by atoms with Gasteiger partial charge in [-0.2, -0.15) is 0 Å². The maximum atomic E-state index is 14.8. The molecule has 0 spiro atoms. The van der Waals surface area contributed by atoms with Crippen LogP contribution in [-0.4, -0.2) is 29.9 Å². The molecule has 30 heavy (non-hydrogen) atoms. The average molecular weight is 410 g/mol. The van der Waals surface area contributed by atoms with E-state index in [4.69, 9.17) is 5.84 Å². The van der Waals surface area contributed by atoms with Crippen molar-refractivity contribution in [1.82, 2.24) is 10.3 Å². The minimum Gasteiger partial charge on any atom is -0.324 e. The molecule has 3 N–H and O–H groups in total. The predicted molar refractivity (Wildman–Crippen MR) is 115 cm³/mol. The molecule has 3 amide bonds. The lowest BCUT2D eigenvalue weighted by Crippen LogP contribution is -2.44. The second-order valence-electron chi connectivity index (χ2n) is 7.51. The summed E-state index contributed by atoms with van der Waals surface area (Å²) in [5, 5.41) is 0. The summed E-state index contributed by atoms with van der Waals surface area (Å²) in [5.74, 6) is 4.00. The van der Waals surface area contributed by atoms with Gasteiger partial charge in [-0.1, -0.05) is 35.9 Å². The van der Waals surface area contributed by atoms with E-state index in [1.165, 1.54) is 17.7 Å². The minimum absolute atomic E-state index is 0.0585. The Morgan fingerprint density at radius 3 is 2.63 bits per heavy atom. The number of hydrogen-bond acceptors (Lipinski definition) is 3. The Morgan fingerprint density at radius 2 is 1.93 bits per heavy atom. The molecule has 0 bridgehead atoms. The van der Waals surface area contributed by atoms with Crippen LogP contribution in [0.1, 0.15) is 41.3 Å². The van der Waals surface area contributed by atoms with Gasteiger partial charge >= 0.3 is 6.03 Å². The van der Waals surface area contributed by atoms with Gasteiger partial charge in [0.25, 0.3) is 5.91 Å². The first-order valence-electron chi connectivity index (χ1n) is 9.97. The number of hydrogen-bond donors (Lipinski definition) is 2. The van der Waals surface area contributed by atoms with E-state index in [-0.39, 0.29) is 18.1 Å². The number of carbonyl (C=O) groups excluding carboxylic acids is 2. The summed E-state index contributed by atoms with van der Waals surface area (Å²) in [4.78, 5) is 28.6. The number of carbonyl (C=O) groups is 2. The molecule has 1 heterocycles. The highest BCUT2D eigenvalue weighted by molar-refractivity contribution is 5.94. The molecule has 0 aliphatic carbocycles. The topological polar surface area (TPSA) is 78.7 Å². The lowest BCUT2D eigenvalue weighted by molar-refractivity contribution is 0.0953. The number of aryl methyl sites for hydroxylation is 1. The molecular weight excluding hydrogens is 383 g/mol. The number of nitrogens with zero attached hydrogens (tertiary/aromatic N) is 2. The van der Waals surface area contributed by atoms with Crippen molar-refractivity contribution < 1.29 is 14.0 Å². The van der Waals surface area contributed by atoms with Crippen LogP contribution in [-0.2, 0) is 6.54 Å². The molecule has 0 atom stereocenters. The first-order chi connectivity index (χ1) is 14.4. The van der Waals surface area contributed by atoms with Crippen LogP contribution in [0.25, 0.3) is 0 Å².